The number of fused-ring (bicyclic) bond motifs is 5. The molecule has 26 heavy (non-hydrogen) atoms. The third kappa shape index (κ3) is 2.23. The molecule has 6 heteroatoms. The Morgan fingerprint density at radius 3 is 2.77 bits per heavy atom. The maximum absolute atomic E-state index is 13.8. The number of hydrogen-bond donors (Lipinski definition) is 0. The van der Waals surface area contributed by atoms with E-state index >= 15 is 0 Å². The molecule has 0 saturated carbocycles. The van der Waals surface area contributed by atoms with Crippen molar-refractivity contribution in [3.05, 3.63) is 66.1 Å². The summed E-state index contributed by atoms with van der Waals surface area (Å²) in [4.78, 5) is 4.47. The molecule has 0 spiro atoms. The zero-order chi connectivity index (χ0) is 17.7. The van der Waals surface area contributed by atoms with E-state index in [4.69, 9.17) is 14.6 Å². The van der Waals surface area contributed by atoms with Gasteiger partial charge in [-0.1, -0.05) is 0 Å². The predicted octanol–water partition coefficient (Wildman–Crippen LogP) is 4.10. The monoisotopic (exact) mass is 347 g/mol. The van der Waals surface area contributed by atoms with Gasteiger partial charge in [0.25, 0.3) is 0 Å². The molecule has 2 aromatic heterocycles. The Morgan fingerprint density at radius 2 is 1.96 bits per heavy atom. The van der Waals surface area contributed by atoms with Crippen molar-refractivity contribution in [2.24, 2.45) is 0 Å². The van der Waals surface area contributed by atoms with Gasteiger partial charge in [-0.05, 0) is 42.5 Å². The summed E-state index contributed by atoms with van der Waals surface area (Å²) in [6.07, 6.45) is 1.76. The van der Waals surface area contributed by atoms with E-state index in [0.717, 1.165) is 28.3 Å². The van der Waals surface area contributed by atoms with Crippen LogP contribution in [0.25, 0.3) is 28.2 Å². The van der Waals surface area contributed by atoms with Gasteiger partial charge >= 0.3 is 0 Å². The van der Waals surface area contributed by atoms with Crippen molar-refractivity contribution in [3.8, 4) is 34.0 Å². The average molecular weight is 347 g/mol. The molecular formula is C20H14FN3O2. The van der Waals surface area contributed by atoms with Crippen LogP contribution in [0.3, 0.4) is 0 Å². The molecule has 4 aromatic rings. The van der Waals surface area contributed by atoms with Crippen LogP contribution in [0.1, 0.15) is 5.56 Å². The molecule has 2 aromatic carbocycles. The lowest BCUT2D eigenvalue weighted by atomic mass is 10.0. The quantitative estimate of drug-likeness (QED) is 0.548. The van der Waals surface area contributed by atoms with Gasteiger partial charge in [0.05, 0.1) is 18.5 Å². The van der Waals surface area contributed by atoms with Crippen LogP contribution >= 0.6 is 0 Å². The van der Waals surface area contributed by atoms with Crippen molar-refractivity contribution in [2.45, 2.75) is 6.61 Å². The van der Waals surface area contributed by atoms with Gasteiger partial charge in [0.2, 0.25) is 0 Å². The lowest BCUT2D eigenvalue weighted by molar-refractivity contribution is 0.300. The fourth-order valence-electron chi connectivity index (χ4n) is 3.23. The number of hydrogen-bond acceptors (Lipinski definition) is 4. The highest BCUT2D eigenvalue weighted by Gasteiger charge is 2.22. The van der Waals surface area contributed by atoms with Crippen molar-refractivity contribution in [3.63, 3.8) is 0 Å². The molecule has 0 aliphatic carbocycles. The molecule has 5 nitrogen and oxygen atoms in total. The molecular weight excluding hydrogens is 333 g/mol. The van der Waals surface area contributed by atoms with E-state index in [1.54, 1.807) is 23.9 Å². The van der Waals surface area contributed by atoms with Crippen LogP contribution in [0.2, 0.25) is 0 Å². The Morgan fingerprint density at radius 1 is 1.12 bits per heavy atom. The van der Waals surface area contributed by atoms with Crippen LogP contribution in [0.5, 0.6) is 11.5 Å². The number of halogens is 1. The van der Waals surface area contributed by atoms with E-state index in [0.29, 0.717) is 23.6 Å². The molecule has 0 N–H and O–H groups in total. The molecule has 0 unspecified atom stereocenters. The fraction of sp³-hybridized carbons (Fsp3) is 0.100. The van der Waals surface area contributed by atoms with Gasteiger partial charge in [-0.2, -0.15) is 5.10 Å². The molecule has 3 heterocycles. The Hall–Kier alpha value is -3.41. The van der Waals surface area contributed by atoms with E-state index < -0.39 is 0 Å². The highest BCUT2D eigenvalue weighted by atomic mass is 19.1. The zero-order valence-corrected chi connectivity index (χ0v) is 13.9. The van der Waals surface area contributed by atoms with Gasteiger partial charge in [0.1, 0.15) is 23.9 Å². The minimum atomic E-state index is -0.312. The maximum Gasteiger partial charge on any atom is 0.156 e. The zero-order valence-electron chi connectivity index (χ0n) is 13.9. The van der Waals surface area contributed by atoms with Crippen LogP contribution in [0, 0.1) is 5.82 Å². The maximum atomic E-state index is 13.8. The molecule has 5 rings (SSSR count). The first-order valence-corrected chi connectivity index (χ1v) is 8.18. The van der Waals surface area contributed by atoms with E-state index in [1.807, 2.05) is 30.3 Å². The summed E-state index contributed by atoms with van der Waals surface area (Å²) < 4.78 is 26.5. The molecule has 128 valence electrons. The van der Waals surface area contributed by atoms with Crippen molar-refractivity contribution >= 4 is 5.65 Å². The highest BCUT2D eigenvalue weighted by molar-refractivity contribution is 5.75. The summed E-state index contributed by atoms with van der Waals surface area (Å²) >= 11 is 0. The van der Waals surface area contributed by atoms with E-state index in [2.05, 4.69) is 4.98 Å². The minimum Gasteiger partial charge on any atom is -0.497 e. The standard InChI is InChI=1S/C20H14FN3O2/c1-25-15-5-2-12(3-6-15)17-9-19-22-10-13-11-26-18-7-4-14(21)8-16(18)20(13)24(19)23-17/h2-10H,11H2,1H3. The normalized spacial score (nSPS) is 12.4. The van der Waals surface area contributed by atoms with Crippen LogP contribution < -0.4 is 9.47 Å². The van der Waals surface area contributed by atoms with Gasteiger partial charge in [-0.25, -0.2) is 13.9 Å². The first kappa shape index (κ1) is 14.9. The first-order chi connectivity index (χ1) is 12.7. The van der Waals surface area contributed by atoms with Gasteiger partial charge < -0.3 is 9.47 Å². The van der Waals surface area contributed by atoms with Crippen LogP contribution in [-0.2, 0) is 6.61 Å². The summed E-state index contributed by atoms with van der Waals surface area (Å²) in [5, 5.41) is 4.72. The number of benzene rings is 2. The summed E-state index contributed by atoms with van der Waals surface area (Å²) in [5.74, 6) is 1.12. The second-order valence-electron chi connectivity index (χ2n) is 6.09. The Balaban J connectivity index is 1.72. The topological polar surface area (TPSA) is 48.7 Å². The number of nitrogens with zero attached hydrogens (tertiary/aromatic N) is 3. The Labute approximate surface area is 148 Å². The van der Waals surface area contributed by atoms with Gasteiger partial charge in [-0.3, -0.25) is 0 Å². The first-order valence-electron chi connectivity index (χ1n) is 8.18. The Kier molecular flexibility index (Phi) is 3.18. The summed E-state index contributed by atoms with van der Waals surface area (Å²) in [6, 6.07) is 14.1. The van der Waals surface area contributed by atoms with Gasteiger partial charge in [0, 0.05) is 29.0 Å². The second kappa shape index (κ2) is 5.56. The highest BCUT2D eigenvalue weighted by Crippen LogP contribution is 2.38. The van der Waals surface area contributed by atoms with Gasteiger partial charge in [-0.15, -0.1) is 0 Å². The van der Waals surface area contributed by atoms with Crippen molar-refractivity contribution in [1.82, 2.24) is 14.6 Å². The molecule has 0 amide bonds. The number of rotatable bonds is 2. The fourth-order valence-corrected chi connectivity index (χ4v) is 3.23. The minimum absolute atomic E-state index is 0.312. The largest absolute Gasteiger partial charge is 0.497 e. The predicted molar refractivity (Wildman–Crippen MR) is 94.7 cm³/mol. The SMILES string of the molecule is COc1ccc(-c2cc3ncc4c(n3n2)-c2cc(F)ccc2OC4)cc1. The molecule has 0 fully saturated rings. The average Bonchev–Trinajstić information content (AvgIpc) is 3.12. The van der Waals surface area contributed by atoms with Crippen LogP contribution in [-0.4, -0.2) is 21.7 Å². The molecule has 1 aliphatic heterocycles. The summed E-state index contributed by atoms with van der Waals surface area (Å²) in [7, 11) is 1.63. The lowest BCUT2D eigenvalue weighted by Crippen LogP contribution is -2.11. The lowest BCUT2D eigenvalue weighted by Gasteiger charge is -2.20. The number of methoxy groups -OCH3 is 1. The Bertz CT molecular complexity index is 1140. The van der Waals surface area contributed by atoms with Crippen LogP contribution in [0.15, 0.2) is 54.7 Å². The molecule has 0 atom stereocenters. The third-order valence-electron chi connectivity index (χ3n) is 4.52. The van der Waals surface area contributed by atoms with E-state index in [1.165, 1.54) is 12.1 Å². The molecule has 0 radical (unpaired) electrons. The molecule has 0 saturated heterocycles. The summed E-state index contributed by atoms with van der Waals surface area (Å²) in [6.45, 7) is 0.384. The second-order valence-corrected chi connectivity index (χ2v) is 6.09. The number of ether oxygens (including phenoxy) is 2. The molecule has 0 bridgehead atoms. The van der Waals surface area contributed by atoms with Crippen molar-refractivity contribution in [1.29, 1.82) is 0 Å². The number of aromatic nitrogens is 3. The van der Waals surface area contributed by atoms with E-state index in [9.17, 15) is 4.39 Å². The smallest absolute Gasteiger partial charge is 0.156 e. The van der Waals surface area contributed by atoms with Crippen molar-refractivity contribution < 1.29 is 13.9 Å². The third-order valence-corrected chi connectivity index (χ3v) is 4.52. The van der Waals surface area contributed by atoms with Gasteiger partial charge in [0.15, 0.2) is 5.65 Å². The van der Waals surface area contributed by atoms with E-state index in [-0.39, 0.29) is 5.82 Å². The summed E-state index contributed by atoms with van der Waals surface area (Å²) in [5.41, 5.74) is 4.82. The molecule has 1 aliphatic rings. The van der Waals surface area contributed by atoms with Crippen LogP contribution in [0.4, 0.5) is 4.39 Å². The van der Waals surface area contributed by atoms with Crippen molar-refractivity contribution in [2.75, 3.05) is 7.11 Å².